The number of nitriles is 1. The van der Waals surface area contributed by atoms with Gasteiger partial charge in [0.25, 0.3) is 0 Å². The number of benzene rings is 1. The lowest BCUT2D eigenvalue weighted by molar-refractivity contribution is 0.621. The molecule has 1 rings (SSSR count). The molecule has 0 amide bonds. The summed E-state index contributed by atoms with van der Waals surface area (Å²) in [5, 5.41) is 11.8. The molecule has 1 N–H and O–H groups in total. The van der Waals surface area contributed by atoms with Gasteiger partial charge in [0.15, 0.2) is 0 Å². The highest BCUT2D eigenvalue weighted by Gasteiger charge is 2.01. The van der Waals surface area contributed by atoms with Gasteiger partial charge in [-0.05, 0) is 23.8 Å². The summed E-state index contributed by atoms with van der Waals surface area (Å²) in [7, 11) is -0.784. The van der Waals surface area contributed by atoms with Gasteiger partial charge in [-0.3, -0.25) is 4.21 Å². The van der Waals surface area contributed by atoms with Gasteiger partial charge in [0, 0.05) is 35.4 Å². The van der Waals surface area contributed by atoms with Crippen LogP contribution in [0.3, 0.4) is 0 Å². The minimum absolute atomic E-state index is 0.318. The molecular weight excluding hydrogens is 239 g/mol. The van der Waals surface area contributed by atoms with Gasteiger partial charge >= 0.3 is 0 Å². The minimum Gasteiger partial charge on any atom is -0.312 e. The van der Waals surface area contributed by atoms with Crippen LogP contribution in [0.25, 0.3) is 0 Å². The molecule has 1 aromatic rings. The maximum absolute atomic E-state index is 13.1. The first-order chi connectivity index (χ1) is 8.15. The number of rotatable bonds is 6. The molecule has 5 heteroatoms. The van der Waals surface area contributed by atoms with Gasteiger partial charge < -0.3 is 5.32 Å². The zero-order valence-electron chi connectivity index (χ0n) is 9.70. The molecule has 1 aromatic carbocycles. The van der Waals surface area contributed by atoms with Crippen molar-refractivity contribution in [1.82, 2.24) is 5.32 Å². The lowest BCUT2D eigenvalue weighted by Gasteiger charge is -2.05. The molecule has 0 fully saturated rings. The van der Waals surface area contributed by atoms with E-state index in [1.165, 1.54) is 12.1 Å². The Morgan fingerprint density at radius 1 is 1.47 bits per heavy atom. The average molecular weight is 254 g/mol. The molecule has 0 spiro atoms. The summed E-state index contributed by atoms with van der Waals surface area (Å²) in [6.45, 7) is 2.98. The van der Waals surface area contributed by atoms with Crippen LogP contribution in [-0.2, 0) is 17.3 Å². The van der Waals surface area contributed by atoms with Crippen molar-refractivity contribution in [2.75, 3.05) is 18.1 Å². The molecule has 0 radical (unpaired) electrons. The molecular formula is C12H15FN2OS. The molecule has 17 heavy (non-hydrogen) atoms. The fraction of sp³-hybridized carbons (Fsp3) is 0.417. The van der Waals surface area contributed by atoms with Gasteiger partial charge in [-0.25, -0.2) is 4.39 Å². The summed E-state index contributed by atoms with van der Waals surface area (Å²) in [5.41, 5.74) is 1.04. The van der Waals surface area contributed by atoms with Crippen LogP contribution < -0.4 is 5.32 Å². The van der Waals surface area contributed by atoms with Gasteiger partial charge in [-0.2, -0.15) is 5.26 Å². The van der Waals surface area contributed by atoms with Crippen molar-refractivity contribution in [3.63, 3.8) is 0 Å². The zero-order valence-corrected chi connectivity index (χ0v) is 10.5. The summed E-state index contributed by atoms with van der Waals surface area (Å²) in [4.78, 5) is 0. The van der Waals surface area contributed by atoms with E-state index in [0.717, 1.165) is 5.56 Å². The third-order valence-electron chi connectivity index (χ3n) is 2.24. The molecule has 0 heterocycles. The molecule has 0 aliphatic heterocycles. The van der Waals surface area contributed by atoms with Crippen LogP contribution >= 0.6 is 0 Å². The Hall–Kier alpha value is -1.25. The zero-order chi connectivity index (χ0) is 12.7. The summed E-state index contributed by atoms with van der Waals surface area (Å²) in [6, 6.07) is 6.15. The summed E-state index contributed by atoms with van der Waals surface area (Å²) >= 11 is 0. The Kier molecular flexibility index (Phi) is 5.81. The average Bonchev–Trinajstić information content (AvgIpc) is 2.33. The molecule has 0 aromatic heterocycles. The largest absolute Gasteiger partial charge is 0.312 e. The first-order valence-corrected chi connectivity index (χ1v) is 6.89. The number of halogens is 1. The molecule has 0 aliphatic carbocycles. The van der Waals surface area contributed by atoms with Gasteiger partial charge in [0.05, 0.1) is 11.6 Å². The monoisotopic (exact) mass is 254 g/mol. The predicted molar refractivity (Wildman–Crippen MR) is 66.4 cm³/mol. The standard InChI is InChI=1S/C12H15FN2OS/c1-2-17(16)4-3-15-9-11-5-10(8-14)6-12(13)7-11/h5-7,15H,2-4,9H2,1H3. The minimum atomic E-state index is -0.784. The van der Waals surface area contributed by atoms with E-state index in [4.69, 9.17) is 5.26 Å². The van der Waals surface area contributed by atoms with Gasteiger partial charge in [0.2, 0.25) is 0 Å². The van der Waals surface area contributed by atoms with Gasteiger partial charge in [-0.15, -0.1) is 0 Å². The van der Waals surface area contributed by atoms with Crippen LogP contribution in [0, 0.1) is 17.1 Å². The first-order valence-electron chi connectivity index (χ1n) is 5.41. The van der Waals surface area contributed by atoms with E-state index in [2.05, 4.69) is 5.32 Å². The number of nitrogens with zero attached hydrogens (tertiary/aromatic N) is 1. The Morgan fingerprint density at radius 2 is 2.24 bits per heavy atom. The van der Waals surface area contributed by atoms with Gasteiger partial charge in [0.1, 0.15) is 5.82 Å². The van der Waals surface area contributed by atoms with E-state index in [1.54, 1.807) is 6.07 Å². The Labute approximate surface area is 103 Å². The van der Waals surface area contributed by atoms with Crippen molar-refractivity contribution >= 4 is 10.8 Å². The number of hydrogen-bond donors (Lipinski definition) is 1. The first kappa shape index (κ1) is 13.8. The second-order valence-electron chi connectivity index (χ2n) is 3.57. The number of nitrogens with one attached hydrogen (secondary N) is 1. The lowest BCUT2D eigenvalue weighted by Crippen LogP contribution is -2.20. The highest BCUT2D eigenvalue weighted by molar-refractivity contribution is 7.84. The van der Waals surface area contributed by atoms with E-state index >= 15 is 0 Å². The number of hydrogen-bond acceptors (Lipinski definition) is 3. The van der Waals surface area contributed by atoms with Crippen molar-refractivity contribution in [2.24, 2.45) is 0 Å². The molecule has 1 unspecified atom stereocenters. The summed E-state index contributed by atoms with van der Waals surface area (Å²) in [6.07, 6.45) is 0. The van der Waals surface area contributed by atoms with Crippen LogP contribution in [0.4, 0.5) is 4.39 Å². The van der Waals surface area contributed by atoms with E-state index in [0.29, 0.717) is 30.2 Å². The summed E-state index contributed by atoms with van der Waals surface area (Å²) in [5.74, 6) is 0.843. The third-order valence-corrected chi connectivity index (χ3v) is 3.55. The Bertz CT molecular complexity index is 443. The smallest absolute Gasteiger partial charge is 0.124 e. The fourth-order valence-corrected chi connectivity index (χ4v) is 2.04. The van der Waals surface area contributed by atoms with Crippen LogP contribution in [-0.4, -0.2) is 22.3 Å². The quantitative estimate of drug-likeness (QED) is 0.784. The van der Waals surface area contributed by atoms with E-state index in [1.807, 2.05) is 13.0 Å². The molecule has 92 valence electrons. The molecule has 3 nitrogen and oxygen atoms in total. The van der Waals surface area contributed by atoms with Crippen molar-refractivity contribution in [3.05, 3.63) is 35.1 Å². The van der Waals surface area contributed by atoms with Crippen molar-refractivity contribution in [3.8, 4) is 6.07 Å². The van der Waals surface area contributed by atoms with Crippen molar-refractivity contribution in [2.45, 2.75) is 13.5 Å². The Morgan fingerprint density at radius 3 is 2.88 bits per heavy atom. The SMILES string of the molecule is CCS(=O)CCNCc1cc(F)cc(C#N)c1. The normalized spacial score (nSPS) is 12.1. The topological polar surface area (TPSA) is 52.9 Å². The maximum Gasteiger partial charge on any atom is 0.124 e. The van der Waals surface area contributed by atoms with Gasteiger partial charge in [-0.1, -0.05) is 6.92 Å². The molecule has 0 bridgehead atoms. The van der Waals surface area contributed by atoms with E-state index < -0.39 is 16.6 Å². The molecule has 0 saturated carbocycles. The van der Waals surface area contributed by atoms with Crippen LogP contribution in [0.15, 0.2) is 18.2 Å². The van der Waals surface area contributed by atoms with E-state index in [9.17, 15) is 8.60 Å². The molecule has 0 saturated heterocycles. The van der Waals surface area contributed by atoms with Crippen LogP contribution in [0.1, 0.15) is 18.1 Å². The fourth-order valence-electron chi connectivity index (χ4n) is 1.38. The lowest BCUT2D eigenvalue weighted by atomic mass is 10.1. The molecule has 0 aliphatic rings. The van der Waals surface area contributed by atoms with E-state index in [-0.39, 0.29) is 0 Å². The second-order valence-corrected chi connectivity index (χ2v) is 5.43. The highest BCUT2D eigenvalue weighted by atomic mass is 32.2. The van der Waals surface area contributed by atoms with Crippen molar-refractivity contribution in [1.29, 1.82) is 5.26 Å². The Balaban J connectivity index is 2.44. The van der Waals surface area contributed by atoms with Crippen LogP contribution in [0.5, 0.6) is 0 Å². The second kappa shape index (κ2) is 7.15. The summed E-state index contributed by atoms with van der Waals surface area (Å²) < 4.78 is 24.2. The third kappa shape index (κ3) is 5.07. The van der Waals surface area contributed by atoms with Crippen molar-refractivity contribution < 1.29 is 8.60 Å². The maximum atomic E-state index is 13.1. The molecule has 1 atom stereocenters. The highest BCUT2D eigenvalue weighted by Crippen LogP contribution is 2.08. The predicted octanol–water partition coefficient (Wildman–Crippen LogP) is 1.56. The van der Waals surface area contributed by atoms with Crippen LogP contribution in [0.2, 0.25) is 0 Å².